The lowest BCUT2D eigenvalue weighted by Crippen LogP contribution is -2.55. The molecule has 2 aliphatic heterocycles. The highest BCUT2D eigenvalue weighted by Crippen LogP contribution is 2.50. The quantitative estimate of drug-likeness (QED) is 0.225. The van der Waals surface area contributed by atoms with Crippen LogP contribution in [0.15, 0.2) is 6.07 Å². The van der Waals surface area contributed by atoms with E-state index >= 15 is 0 Å². The first-order valence-electron chi connectivity index (χ1n) is 11.9. The Hall–Kier alpha value is -2.04. The number of ether oxygens (including phenoxy) is 3. The monoisotopic (exact) mass is 480 g/mol. The molecule has 2 fully saturated rings. The van der Waals surface area contributed by atoms with E-state index in [-0.39, 0.29) is 35.1 Å². The molecule has 2 heterocycles. The number of benzene rings is 1. The minimum absolute atomic E-state index is 0.0723. The van der Waals surface area contributed by atoms with Crippen molar-refractivity contribution in [2.24, 2.45) is 11.8 Å². The number of aldehydes is 1. The van der Waals surface area contributed by atoms with E-state index in [0.717, 1.165) is 0 Å². The number of aliphatic hydroxyl groups is 2. The fourth-order valence-electron chi connectivity index (χ4n) is 5.26. The van der Waals surface area contributed by atoms with Gasteiger partial charge in [-0.15, -0.1) is 0 Å². The molecule has 1 spiro atoms. The number of aliphatic hydroxyl groups excluding tert-OH is 2. The van der Waals surface area contributed by atoms with E-state index in [1.54, 1.807) is 0 Å². The van der Waals surface area contributed by atoms with Gasteiger partial charge < -0.3 is 34.6 Å². The summed E-state index contributed by atoms with van der Waals surface area (Å²) < 4.78 is 16.8. The fraction of sp³-hybridized carbons (Fsp3) is 0.680. The van der Waals surface area contributed by atoms with E-state index in [1.165, 1.54) is 13.2 Å². The van der Waals surface area contributed by atoms with Crippen molar-refractivity contribution in [1.82, 2.24) is 0 Å². The van der Waals surface area contributed by atoms with E-state index in [1.807, 2.05) is 27.7 Å². The smallest absolute Gasteiger partial charge is 0.189 e. The lowest BCUT2D eigenvalue weighted by Gasteiger charge is -2.39. The predicted octanol–water partition coefficient (Wildman–Crippen LogP) is 2.87. The van der Waals surface area contributed by atoms with Crippen LogP contribution in [0.25, 0.3) is 0 Å². The molecule has 34 heavy (non-hydrogen) atoms. The molecule has 0 aromatic heterocycles. The third-order valence-electron chi connectivity index (χ3n) is 7.10. The molecule has 0 saturated carbocycles. The van der Waals surface area contributed by atoms with Crippen molar-refractivity contribution < 1.29 is 44.2 Å². The Bertz CT molecular complexity index is 900. The van der Waals surface area contributed by atoms with Gasteiger partial charge in [0.1, 0.15) is 11.5 Å². The number of aromatic hydroxyl groups is 2. The van der Waals surface area contributed by atoms with Crippen LogP contribution in [-0.2, 0) is 14.2 Å². The summed E-state index contributed by atoms with van der Waals surface area (Å²) in [7, 11) is 1.46. The molecule has 1 aromatic carbocycles. The summed E-state index contributed by atoms with van der Waals surface area (Å²) in [6.07, 6.45) is -2.25. The summed E-state index contributed by atoms with van der Waals surface area (Å²) >= 11 is 0. The molecule has 2 saturated heterocycles. The van der Waals surface area contributed by atoms with Gasteiger partial charge in [0.2, 0.25) is 0 Å². The topological polar surface area (TPSA) is 146 Å². The van der Waals surface area contributed by atoms with E-state index in [0.29, 0.717) is 25.5 Å². The van der Waals surface area contributed by atoms with Crippen LogP contribution in [0.5, 0.6) is 11.5 Å². The fourth-order valence-corrected chi connectivity index (χ4v) is 5.26. The van der Waals surface area contributed by atoms with Crippen LogP contribution in [0.2, 0.25) is 0 Å². The molecule has 4 N–H and O–H groups in total. The second kappa shape index (κ2) is 10.3. The predicted molar refractivity (Wildman–Crippen MR) is 122 cm³/mol. The second-order valence-corrected chi connectivity index (χ2v) is 9.55. The van der Waals surface area contributed by atoms with Gasteiger partial charge >= 0.3 is 0 Å². The average Bonchev–Trinajstić information content (AvgIpc) is 3.53. The van der Waals surface area contributed by atoms with Crippen molar-refractivity contribution in [3.8, 4) is 11.5 Å². The van der Waals surface area contributed by atoms with Crippen molar-refractivity contribution >= 4 is 12.1 Å². The number of carbonyl (C=O) groups is 2. The van der Waals surface area contributed by atoms with E-state index < -0.39 is 53.4 Å². The van der Waals surface area contributed by atoms with Crippen LogP contribution >= 0.6 is 0 Å². The van der Waals surface area contributed by atoms with E-state index in [4.69, 9.17) is 14.2 Å². The highest BCUT2D eigenvalue weighted by atomic mass is 16.7. The van der Waals surface area contributed by atoms with Crippen molar-refractivity contribution in [2.45, 2.75) is 89.7 Å². The molecular weight excluding hydrogens is 444 g/mol. The third kappa shape index (κ3) is 4.35. The maximum atomic E-state index is 13.7. The summed E-state index contributed by atoms with van der Waals surface area (Å²) in [5, 5.41) is 42.7. The summed E-state index contributed by atoms with van der Waals surface area (Å²) in [6.45, 7) is 7.49. The number of carbonyl (C=O) groups excluding carboxylic acids is 2. The van der Waals surface area contributed by atoms with Crippen LogP contribution in [0, 0.1) is 11.8 Å². The zero-order chi connectivity index (χ0) is 25.4. The third-order valence-corrected chi connectivity index (χ3v) is 7.10. The Morgan fingerprint density at radius 2 is 1.94 bits per heavy atom. The van der Waals surface area contributed by atoms with Gasteiger partial charge in [0.15, 0.2) is 24.0 Å². The van der Waals surface area contributed by atoms with Crippen molar-refractivity contribution in [2.75, 3.05) is 7.11 Å². The number of ketones is 1. The number of hydrogen-bond donors (Lipinski definition) is 4. The van der Waals surface area contributed by atoms with Crippen molar-refractivity contribution in [3.63, 3.8) is 0 Å². The van der Waals surface area contributed by atoms with Crippen LogP contribution in [-0.4, -0.2) is 69.8 Å². The zero-order valence-electron chi connectivity index (χ0n) is 20.4. The first-order valence-corrected chi connectivity index (χ1v) is 11.9. The van der Waals surface area contributed by atoms with Gasteiger partial charge in [-0.25, -0.2) is 0 Å². The molecule has 2 aliphatic rings. The SMILES string of the molecule is CCC[C@@H](C(=O)c1cc([C@@H](OC)C(C)C)c(O)c(C=O)c1O)[C@@H]1C[C@H](O)[C@]2(O[C@@H]2CC)[C@@H](O)O1. The van der Waals surface area contributed by atoms with Crippen LogP contribution in [0.1, 0.15) is 85.8 Å². The lowest BCUT2D eigenvalue weighted by molar-refractivity contribution is -0.239. The summed E-state index contributed by atoms with van der Waals surface area (Å²) in [4.78, 5) is 25.4. The Balaban J connectivity index is 1.99. The first kappa shape index (κ1) is 26.6. The molecule has 9 heteroatoms. The van der Waals surface area contributed by atoms with Crippen LogP contribution < -0.4 is 0 Å². The number of epoxide rings is 1. The average molecular weight is 481 g/mol. The maximum absolute atomic E-state index is 13.7. The molecule has 7 atom stereocenters. The second-order valence-electron chi connectivity index (χ2n) is 9.55. The molecule has 0 bridgehead atoms. The number of methoxy groups -OCH3 is 1. The normalized spacial score (nSPS) is 30.4. The van der Waals surface area contributed by atoms with Gasteiger partial charge in [-0.1, -0.05) is 34.1 Å². The summed E-state index contributed by atoms with van der Waals surface area (Å²) in [6, 6.07) is 1.35. The Labute approximate surface area is 199 Å². The number of Topliss-reactive ketones (excluding diaryl/α,β-unsaturated/α-hetero) is 1. The van der Waals surface area contributed by atoms with Gasteiger partial charge in [-0.2, -0.15) is 0 Å². The molecule has 9 nitrogen and oxygen atoms in total. The number of hydrogen-bond acceptors (Lipinski definition) is 9. The highest BCUT2D eigenvalue weighted by molar-refractivity contribution is 6.04. The minimum Gasteiger partial charge on any atom is -0.507 e. The molecule has 0 amide bonds. The standard InChI is InChI=1S/C25H36O9/c1-6-8-13(17-10-18(27)25(24(31)33-17)19(7-2)34-25)20(28)14-9-15(23(32-5)12(3)4)22(30)16(11-26)21(14)29/h9,11-13,17-19,23-24,27,29-31H,6-8,10H2,1-5H3/t13-,17+,18+,19-,23+,24+,25-/m1/s1. The van der Waals surface area contributed by atoms with E-state index in [2.05, 4.69) is 0 Å². The highest BCUT2D eigenvalue weighted by Gasteiger charge is 2.68. The number of phenolic OH excluding ortho intramolecular Hbond substituents is 2. The molecule has 1 aromatic rings. The summed E-state index contributed by atoms with van der Waals surface area (Å²) in [5.74, 6) is -2.47. The molecule has 190 valence electrons. The van der Waals surface area contributed by atoms with Gasteiger partial charge in [-0.3, -0.25) is 9.59 Å². The van der Waals surface area contributed by atoms with Crippen molar-refractivity contribution in [1.29, 1.82) is 0 Å². The number of rotatable bonds is 10. The van der Waals surface area contributed by atoms with Crippen LogP contribution in [0.4, 0.5) is 0 Å². The number of phenols is 2. The largest absolute Gasteiger partial charge is 0.507 e. The van der Waals surface area contributed by atoms with Gasteiger partial charge in [0.05, 0.1) is 35.5 Å². The van der Waals surface area contributed by atoms with Gasteiger partial charge in [0, 0.05) is 25.0 Å². The molecule has 0 aliphatic carbocycles. The van der Waals surface area contributed by atoms with Crippen LogP contribution in [0.3, 0.4) is 0 Å². The van der Waals surface area contributed by atoms with Gasteiger partial charge in [0.25, 0.3) is 0 Å². The Morgan fingerprint density at radius 1 is 1.26 bits per heavy atom. The Morgan fingerprint density at radius 3 is 2.41 bits per heavy atom. The molecule has 3 rings (SSSR count). The first-order chi connectivity index (χ1) is 16.1. The zero-order valence-corrected chi connectivity index (χ0v) is 20.4. The van der Waals surface area contributed by atoms with Crippen molar-refractivity contribution in [3.05, 3.63) is 22.8 Å². The lowest BCUT2D eigenvalue weighted by atomic mass is 9.80. The molecular formula is C25H36O9. The summed E-state index contributed by atoms with van der Waals surface area (Å²) in [5.41, 5.74) is -1.48. The maximum Gasteiger partial charge on any atom is 0.189 e. The molecule has 0 unspecified atom stereocenters. The van der Waals surface area contributed by atoms with Gasteiger partial charge in [-0.05, 0) is 24.8 Å². The van der Waals surface area contributed by atoms with E-state index in [9.17, 15) is 30.0 Å². The minimum atomic E-state index is -1.40. The molecule has 0 radical (unpaired) electrons. The Kier molecular flexibility index (Phi) is 8.04.